The van der Waals surface area contributed by atoms with Gasteiger partial charge in [-0.3, -0.25) is 9.59 Å². The van der Waals surface area contributed by atoms with Gasteiger partial charge in [-0.15, -0.1) is 5.53 Å². The third-order valence-corrected chi connectivity index (χ3v) is 8.38. The van der Waals surface area contributed by atoms with E-state index in [1.54, 1.807) is 12.1 Å². The van der Waals surface area contributed by atoms with E-state index >= 15 is 0 Å². The molecule has 1 saturated carbocycles. The Morgan fingerprint density at radius 2 is 1.62 bits per heavy atom. The summed E-state index contributed by atoms with van der Waals surface area (Å²) in [5, 5.41) is 5.62. The van der Waals surface area contributed by atoms with Gasteiger partial charge in [0.25, 0.3) is 11.9 Å². The number of hydrogen-bond acceptors (Lipinski definition) is 2. The molecule has 0 radical (unpaired) electrons. The average molecular weight is 541 g/mol. The number of hydrogen-bond donors (Lipinski definition) is 2. The fraction of sp³-hybridized carbons (Fsp3) is 0.424. The van der Waals surface area contributed by atoms with Crippen molar-refractivity contribution in [3.8, 4) is 0 Å². The standard InChI is InChI=1S/C33H41N5O2/c1-22(20-26-10-7-9-24-8-5-6-11-29(24)26)31(40)38(28-18-16-27(17-19-28)33(2,3)4)21-23-12-14-25(15-13-23)30(39)36-32(34)37-35/h5-15,22,27-28,35H,16-21H2,1-4H3,(H2,34,36,39)/p+1. The fourth-order valence-corrected chi connectivity index (χ4v) is 5.96. The molecule has 4 N–H and O–H groups in total. The molecule has 210 valence electrons. The molecule has 3 aromatic carbocycles. The Morgan fingerprint density at radius 3 is 2.27 bits per heavy atom. The molecule has 1 unspecified atom stereocenters. The predicted octanol–water partition coefficient (Wildman–Crippen LogP) is 5.32. The summed E-state index contributed by atoms with van der Waals surface area (Å²) in [4.78, 5) is 32.2. The van der Waals surface area contributed by atoms with Crippen LogP contribution in [-0.4, -0.2) is 28.7 Å². The topological polar surface area (TPSA) is 114 Å². The second-order valence-electron chi connectivity index (χ2n) is 12.2. The maximum Gasteiger partial charge on any atom is 0.288 e. The summed E-state index contributed by atoms with van der Waals surface area (Å²) in [5.74, 6) is -0.0989. The first-order valence-corrected chi connectivity index (χ1v) is 14.2. The van der Waals surface area contributed by atoms with Crippen molar-refractivity contribution in [2.75, 3.05) is 0 Å². The molecule has 0 spiro atoms. The highest BCUT2D eigenvalue weighted by molar-refractivity contribution is 6.02. The number of guanidine groups is 1. The Bertz CT molecular complexity index is 1380. The van der Waals surface area contributed by atoms with Crippen molar-refractivity contribution >= 4 is 28.5 Å². The van der Waals surface area contributed by atoms with Crippen LogP contribution in [0.15, 0.2) is 76.8 Å². The van der Waals surface area contributed by atoms with E-state index in [4.69, 9.17) is 11.3 Å². The molecular weight excluding hydrogens is 498 g/mol. The Balaban J connectivity index is 1.55. The van der Waals surface area contributed by atoms with Crippen molar-refractivity contribution in [2.24, 2.45) is 33.1 Å². The Morgan fingerprint density at radius 1 is 0.975 bits per heavy atom. The van der Waals surface area contributed by atoms with Gasteiger partial charge < -0.3 is 10.6 Å². The first-order chi connectivity index (χ1) is 19.1. The van der Waals surface area contributed by atoms with E-state index in [0.717, 1.165) is 31.2 Å². The lowest BCUT2D eigenvalue weighted by Crippen LogP contribution is -2.45. The van der Waals surface area contributed by atoms with E-state index in [9.17, 15) is 9.59 Å². The molecule has 7 heteroatoms. The van der Waals surface area contributed by atoms with Crippen molar-refractivity contribution in [1.82, 2.24) is 4.90 Å². The van der Waals surface area contributed by atoms with Crippen LogP contribution in [0.1, 0.15) is 74.9 Å². The van der Waals surface area contributed by atoms with Crippen LogP contribution in [0.4, 0.5) is 0 Å². The maximum absolute atomic E-state index is 14.1. The summed E-state index contributed by atoms with van der Waals surface area (Å²) in [6.07, 6.45) is 4.93. The molecule has 2 amide bonds. The Kier molecular flexibility index (Phi) is 9.13. The maximum atomic E-state index is 14.1. The number of nitrogens with two attached hydrogens (primary N) is 2. The molecule has 0 aliphatic heterocycles. The largest absolute Gasteiger partial charge is 0.363 e. The molecule has 0 heterocycles. The number of carbonyl (C=O) groups excluding carboxylic acids is 2. The summed E-state index contributed by atoms with van der Waals surface area (Å²) < 4.78 is 0. The highest BCUT2D eigenvalue weighted by atomic mass is 16.2. The first kappa shape index (κ1) is 29.1. The highest BCUT2D eigenvalue weighted by Gasteiger charge is 2.35. The van der Waals surface area contributed by atoms with Crippen molar-refractivity contribution in [3.05, 3.63) is 83.4 Å². The van der Waals surface area contributed by atoms with Crippen LogP contribution in [0.25, 0.3) is 10.8 Å². The highest BCUT2D eigenvalue weighted by Crippen LogP contribution is 2.39. The van der Waals surface area contributed by atoms with Crippen LogP contribution in [0.3, 0.4) is 0 Å². The first-order valence-electron chi connectivity index (χ1n) is 14.2. The van der Waals surface area contributed by atoms with Crippen LogP contribution >= 0.6 is 0 Å². The van der Waals surface area contributed by atoms with E-state index in [1.165, 1.54) is 16.3 Å². The normalized spacial score (nSPS) is 18.8. The zero-order chi connectivity index (χ0) is 28.9. The van der Waals surface area contributed by atoms with Gasteiger partial charge in [-0.05, 0) is 77.5 Å². The number of aliphatic imine (C=N–C) groups is 1. The molecule has 3 aromatic rings. The number of fused-ring (bicyclic) bond motifs is 1. The zero-order valence-corrected chi connectivity index (χ0v) is 24.1. The van der Waals surface area contributed by atoms with Crippen molar-refractivity contribution < 1.29 is 15.1 Å². The van der Waals surface area contributed by atoms with E-state index in [2.05, 4.69) is 72.2 Å². The molecule has 4 rings (SSSR count). The Hall–Kier alpha value is -3.87. The lowest BCUT2D eigenvalue weighted by Gasteiger charge is -2.42. The minimum absolute atomic E-state index is 0.163. The second kappa shape index (κ2) is 12.5. The number of amides is 2. The van der Waals surface area contributed by atoms with E-state index < -0.39 is 5.91 Å². The lowest BCUT2D eigenvalue weighted by atomic mass is 9.71. The van der Waals surface area contributed by atoms with Gasteiger partial charge in [-0.2, -0.15) is 4.99 Å². The SMILES string of the molecule is CC(Cc1cccc2ccccc12)C(=O)N(Cc1ccc(C(=O)N=C(N)N=[NH2+])cc1)C1CCC(C(C)(C)C)CC1. The van der Waals surface area contributed by atoms with Gasteiger partial charge in [-0.1, -0.05) is 82.3 Å². The van der Waals surface area contributed by atoms with Gasteiger partial charge in [0.1, 0.15) is 0 Å². The summed E-state index contributed by atoms with van der Waals surface area (Å²) in [6.45, 7) is 9.49. The molecular formula is C33H42N5O2+. The van der Waals surface area contributed by atoms with Gasteiger partial charge in [0.2, 0.25) is 5.91 Å². The molecule has 0 aromatic heterocycles. The van der Waals surface area contributed by atoms with E-state index in [1.807, 2.05) is 25.1 Å². The van der Waals surface area contributed by atoms with Crippen molar-refractivity contribution in [2.45, 2.75) is 72.4 Å². The van der Waals surface area contributed by atoms with E-state index in [0.29, 0.717) is 24.4 Å². The van der Waals surface area contributed by atoms with Crippen LogP contribution in [0, 0.1) is 17.3 Å². The van der Waals surface area contributed by atoms with Crippen LogP contribution < -0.4 is 11.3 Å². The summed E-state index contributed by atoms with van der Waals surface area (Å²) in [7, 11) is 0. The van der Waals surface area contributed by atoms with Gasteiger partial charge in [0.05, 0.1) is 0 Å². The number of rotatable bonds is 7. The average Bonchev–Trinajstić information content (AvgIpc) is 2.95. The third-order valence-electron chi connectivity index (χ3n) is 8.38. The monoisotopic (exact) mass is 540 g/mol. The molecule has 0 saturated heterocycles. The third kappa shape index (κ3) is 7.00. The Labute approximate surface area is 237 Å². The minimum atomic E-state index is -0.504. The molecule has 0 bridgehead atoms. The summed E-state index contributed by atoms with van der Waals surface area (Å²) in [6, 6.07) is 22.1. The van der Waals surface area contributed by atoms with Crippen molar-refractivity contribution in [1.29, 1.82) is 0 Å². The quantitative estimate of drug-likeness (QED) is 0.240. The lowest BCUT2D eigenvalue weighted by molar-refractivity contribution is -0.207. The van der Waals surface area contributed by atoms with Crippen LogP contribution in [0.5, 0.6) is 0 Å². The molecule has 1 fully saturated rings. The van der Waals surface area contributed by atoms with Gasteiger partial charge in [0, 0.05) is 29.2 Å². The van der Waals surface area contributed by atoms with Crippen LogP contribution in [0.2, 0.25) is 0 Å². The van der Waals surface area contributed by atoms with Gasteiger partial charge in [-0.25, -0.2) is 0 Å². The fourth-order valence-electron chi connectivity index (χ4n) is 5.96. The molecule has 1 aliphatic carbocycles. The minimum Gasteiger partial charge on any atom is -0.363 e. The number of benzene rings is 3. The number of carbonyl (C=O) groups is 2. The van der Waals surface area contributed by atoms with Crippen molar-refractivity contribution in [3.63, 3.8) is 0 Å². The predicted molar refractivity (Wildman–Crippen MR) is 159 cm³/mol. The molecule has 1 atom stereocenters. The zero-order valence-electron chi connectivity index (χ0n) is 24.1. The second-order valence-corrected chi connectivity index (χ2v) is 12.2. The van der Waals surface area contributed by atoms with E-state index in [-0.39, 0.29) is 29.2 Å². The smallest absolute Gasteiger partial charge is 0.288 e. The molecule has 40 heavy (non-hydrogen) atoms. The molecule has 7 nitrogen and oxygen atoms in total. The van der Waals surface area contributed by atoms with Crippen LogP contribution in [-0.2, 0) is 17.8 Å². The molecule has 1 aliphatic rings. The number of nitrogens with zero attached hydrogens (tertiary/aromatic N) is 3. The van der Waals surface area contributed by atoms with Gasteiger partial charge >= 0.3 is 0 Å². The summed E-state index contributed by atoms with van der Waals surface area (Å²) in [5.41, 5.74) is 13.4. The summed E-state index contributed by atoms with van der Waals surface area (Å²) >= 11 is 0. The van der Waals surface area contributed by atoms with Gasteiger partial charge in [0.15, 0.2) is 0 Å².